The fourth-order valence-corrected chi connectivity index (χ4v) is 2.34. The Hall–Kier alpha value is -3.32. The summed E-state index contributed by atoms with van der Waals surface area (Å²) in [5.74, 6) is -0.187. The van der Waals surface area contributed by atoms with Crippen LogP contribution in [0.2, 0.25) is 0 Å². The minimum atomic E-state index is -0.377. The normalized spacial score (nSPS) is 11.2. The van der Waals surface area contributed by atoms with Crippen LogP contribution in [0.25, 0.3) is 17.3 Å². The molecule has 0 unspecified atom stereocenters. The summed E-state index contributed by atoms with van der Waals surface area (Å²) in [6.45, 7) is 0. The third kappa shape index (κ3) is 3.14. The van der Waals surface area contributed by atoms with E-state index >= 15 is 0 Å². The molecule has 23 heavy (non-hydrogen) atoms. The van der Waals surface area contributed by atoms with Gasteiger partial charge in [-0.05, 0) is 60.2 Å². The first-order valence-electron chi connectivity index (χ1n) is 7.02. The average Bonchev–Trinajstić information content (AvgIpc) is 3.01. The SMILES string of the molecule is N#C/C(=C/c1cccn1-c1ccc(O)cc1)c1cccc(F)c1. The topological polar surface area (TPSA) is 49.0 Å². The highest BCUT2D eigenvalue weighted by Crippen LogP contribution is 2.22. The van der Waals surface area contributed by atoms with Gasteiger partial charge in [-0.15, -0.1) is 0 Å². The van der Waals surface area contributed by atoms with Crippen molar-refractivity contribution in [1.82, 2.24) is 4.57 Å². The minimum absolute atomic E-state index is 0.190. The zero-order valence-electron chi connectivity index (χ0n) is 12.1. The van der Waals surface area contributed by atoms with Crippen LogP contribution < -0.4 is 0 Å². The molecule has 3 aromatic rings. The van der Waals surface area contributed by atoms with Crippen LogP contribution in [0, 0.1) is 17.1 Å². The first-order valence-corrected chi connectivity index (χ1v) is 7.02. The summed E-state index contributed by atoms with van der Waals surface area (Å²) in [7, 11) is 0. The number of nitriles is 1. The lowest BCUT2D eigenvalue weighted by atomic mass is 10.1. The fraction of sp³-hybridized carbons (Fsp3) is 0. The number of halogens is 1. The molecule has 0 amide bonds. The molecule has 0 aliphatic carbocycles. The molecule has 4 heteroatoms. The molecule has 3 rings (SSSR count). The molecule has 0 aliphatic heterocycles. The molecular weight excluding hydrogens is 291 g/mol. The summed E-state index contributed by atoms with van der Waals surface area (Å²) < 4.78 is 15.2. The molecule has 112 valence electrons. The molecule has 1 aromatic heterocycles. The standard InChI is InChI=1S/C19H13FN2O/c20-16-4-1-3-14(11-16)15(13-21)12-18-5-2-10-22(18)17-6-8-19(23)9-7-17/h1-12,23H/b15-12-. The van der Waals surface area contributed by atoms with Crippen molar-refractivity contribution in [2.75, 3.05) is 0 Å². The summed E-state index contributed by atoms with van der Waals surface area (Å²) in [5.41, 5.74) is 2.56. The molecule has 1 N–H and O–H groups in total. The number of phenols is 1. The van der Waals surface area contributed by atoms with Gasteiger partial charge in [0.15, 0.2) is 0 Å². The second-order valence-electron chi connectivity index (χ2n) is 5.00. The molecule has 3 nitrogen and oxygen atoms in total. The Morgan fingerprint density at radius 2 is 1.87 bits per heavy atom. The Bertz CT molecular complexity index is 902. The number of nitrogens with zero attached hydrogens (tertiary/aromatic N) is 2. The first kappa shape index (κ1) is 14.6. The van der Waals surface area contributed by atoms with Crippen molar-refractivity contribution >= 4 is 11.6 Å². The molecule has 0 aliphatic rings. The van der Waals surface area contributed by atoms with Gasteiger partial charge in [0, 0.05) is 17.6 Å². The average molecular weight is 304 g/mol. The van der Waals surface area contributed by atoms with E-state index in [1.165, 1.54) is 12.1 Å². The second-order valence-corrected chi connectivity index (χ2v) is 5.00. The highest BCUT2D eigenvalue weighted by atomic mass is 19.1. The van der Waals surface area contributed by atoms with E-state index in [1.54, 1.807) is 42.5 Å². The summed E-state index contributed by atoms with van der Waals surface area (Å²) in [6.07, 6.45) is 3.57. The lowest BCUT2D eigenvalue weighted by molar-refractivity contribution is 0.475. The quantitative estimate of drug-likeness (QED) is 0.730. The number of hydrogen-bond acceptors (Lipinski definition) is 2. The number of rotatable bonds is 3. The maximum atomic E-state index is 13.4. The first-order chi connectivity index (χ1) is 11.2. The molecule has 0 atom stereocenters. The van der Waals surface area contributed by atoms with Gasteiger partial charge in [0.05, 0.1) is 11.6 Å². The monoisotopic (exact) mass is 304 g/mol. The van der Waals surface area contributed by atoms with E-state index in [0.29, 0.717) is 11.1 Å². The largest absolute Gasteiger partial charge is 0.508 e. The molecule has 0 saturated heterocycles. The lowest BCUT2D eigenvalue weighted by Crippen LogP contribution is -1.95. The lowest BCUT2D eigenvalue weighted by Gasteiger charge is -2.07. The van der Waals surface area contributed by atoms with Crippen molar-refractivity contribution in [2.45, 2.75) is 0 Å². The number of benzene rings is 2. The maximum Gasteiger partial charge on any atom is 0.123 e. The van der Waals surface area contributed by atoms with Gasteiger partial charge in [-0.1, -0.05) is 12.1 Å². The second kappa shape index (κ2) is 6.20. The van der Waals surface area contributed by atoms with Crippen LogP contribution in [0.15, 0.2) is 66.9 Å². The summed E-state index contributed by atoms with van der Waals surface area (Å²) in [4.78, 5) is 0. The van der Waals surface area contributed by atoms with Crippen LogP contribution in [-0.2, 0) is 0 Å². The van der Waals surface area contributed by atoms with Crippen LogP contribution in [-0.4, -0.2) is 9.67 Å². The highest BCUT2D eigenvalue weighted by molar-refractivity contribution is 5.89. The van der Waals surface area contributed by atoms with Crippen molar-refractivity contribution in [1.29, 1.82) is 5.26 Å². The Morgan fingerprint density at radius 3 is 2.57 bits per heavy atom. The van der Waals surface area contributed by atoms with Crippen molar-refractivity contribution < 1.29 is 9.50 Å². The molecule has 0 fully saturated rings. The molecule has 1 heterocycles. The predicted molar refractivity (Wildman–Crippen MR) is 87.3 cm³/mol. The van der Waals surface area contributed by atoms with Crippen molar-refractivity contribution in [2.24, 2.45) is 0 Å². The number of hydrogen-bond donors (Lipinski definition) is 1. The maximum absolute atomic E-state index is 13.4. The zero-order chi connectivity index (χ0) is 16.2. The van der Waals surface area contributed by atoms with Crippen LogP contribution in [0.3, 0.4) is 0 Å². The fourth-order valence-electron chi connectivity index (χ4n) is 2.34. The smallest absolute Gasteiger partial charge is 0.123 e. The molecule has 0 spiro atoms. The molecule has 0 saturated carbocycles. The van der Waals surface area contributed by atoms with Gasteiger partial charge in [0.2, 0.25) is 0 Å². The third-order valence-electron chi connectivity index (χ3n) is 3.46. The van der Waals surface area contributed by atoms with E-state index in [-0.39, 0.29) is 11.6 Å². The highest BCUT2D eigenvalue weighted by Gasteiger charge is 2.06. The van der Waals surface area contributed by atoms with Gasteiger partial charge in [0.1, 0.15) is 11.6 Å². The Labute approximate surface area is 133 Å². The van der Waals surface area contributed by atoms with Gasteiger partial charge < -0.3 is 9.67 Å². The Balaban J connectivity index is 2.04. The Kier molecular flexibility index (Phi) is 3.94. The summed E-state index contributed by atoms with van der Waals surface area (Å²) in [5, 5.41) is 18.8. The van der Waals surface area contributed by atoms with E-state index in [4.69, 9.17) is 0 Å². The van der Waals surface area contributed by atoms with Crippen molar-refractivity contribution in [3.05, 3.63) is 83.9 Å². The molecular formula is C19H13FN2O. The minimum Gasteiger partial charge on any atom is -0.508 e. The van der Waals surface area contributed by atoms with Gasteiger partial charge in [-0.2, -0.15) is 5.26 Å². The molecule has 0 radical (unpaired) electrons. The van der Waals surface area contributed by atoms with Gasteiger partial charge >= 0.3 is 0 Å². The van der Waals surface area contributed by atoms with Crippen molar-refractivity contribution in [3.8, 4) is 17.5 Å². The molecule has 0 bridgehead atoms. The van der Waals surface area contributed by atoms with Crippen LogP contribution in [0.4, 0.5) is 4.39 Å². The number of phenolic OH excluding ortho intramolecular Hbond substituents is 1. The van der Waals surface area contributed by atoms with E-state index in [2.05, 4.69) is 6.07 Å². The molecule has 2 aromatic carbocycles. The van der Waals surface area contributed by atoms with E-state index < -0.39 is 0 Å². The van der Waals surface area contributed by atoms with Gasteiger partial charge in [0.25, 0.3) is 0 Å². The summed E-state index contributed by atoms with van der Waals surface area (Å²) >= 11 is 0. The van der Waals surface area contributed by atoms with Crippen molar-refractivity contribution in [3.63, 3.8) is 0 Å². The van der Waals surface area contributed by atoms with Crippen LogP contribution in [0.5, 0.6) is 5.75 Å². The predicted octanol–water partition coefficient (Wildman–Crippen LogP) is 4.39. The zero-order valence-corrected chi connectivity index (χ0v) is 12.1. The van der Waals surface area contributed by atoms with Crippen LogP contribution in [0.1, 0.15) is 11.3 Å². The van der Waals surface area contributed by atoms with E-state index in [9.17, 15) is 14.8 Å². The number of allylic oxidation sites excluding steroid dienone is 1. The van der Waals surface area contributed by atoms with E-state index in [0.717, 1.165) is 11.4 Å². The van der Waals surface area contributed by atoms with E-state index in [1.807, 2.05) is 22.9 Å². The third-order valence-corrected chi connectivity index (χ3v) is 3.46. The van der Waals surface area contributed by atoms with Gasteiger partial charge in [-0.25, -0.2) is 4.39 Å². The van der Waals surface area contributed by atoms with Crippen LogP contribution >= 0.6 is 0 Å². The Morgan fingerprint density at radius 1 is 1.09 bits per heavy atom. The number of aromatic hydroxyl groups is 1. The summed E-state index contributed by atoms with van der Waals surface area (Å²) in [6, 6.07) is 18.6. The number of aromatic nitrogens is 1. The van der Waals surface area contributed by atoms with Gasteiger partial charge in [-0.3, -0.25) is 0 Å².